The van der Waals surface area contributed by atoms with Gasteiger partial charge in [0.05, 0.1) is 16.4 Å². The molecule has 0 aliphatic heterocycles. The lowest BCUT2D eigenvalue weighted by molar-refractivity contribution is -0.384. The first kappa shape index (κ1) is 19.4. The fourth-order valence-corrected chi connectivity index (χ4v) is 3.82. The Bertz CT molecular complexity index is 1080. The van der Waals surface area contributed by atoms with E-state index in [1.165, 1.54) is 18.2 Å². The van der Waals surface area contributed by atoms with Crippen LogP contribution >= 0.6 is 0 Å². The standard InChI is InChI=1S/C18H16N4O5S/c1-2-12-21(28(25,26)16-10-8-15(9-11-16)22(23)24)13-17-19-18(20-27-17)14-6-4-3-5-7-14/h2-11H,1,12-13H2. The van der Waals surface area contributed by atoms with Crippen LogP contribution in [0.2, 0.25) is 0 Å². The Morgan fingerprint density at radius 1 is 1.14 bits per heavy atom. The van der Waals surface area contributed by atoms with Gasteiger partial charge in [0.1, 0.15) is 0 Å². The zero-order valence-electron chi connectivity index (χ0n) is 14.6. The summed E-state index contributed by atoms with van der Waals surface area (Å²) >= 11 is 0. The normalized spacial score (nSPS) is 11.5. The van der Waals surface area contributed by atoms with Gasteiger partial charge in [0, 0.05) is 24.2 Å². The molecular weight excluding hydrogens is 384 g/mol. The monoisotopic (exact) mass is 400 g/mol. The summed E-state index contributed by atoms with van der Waals surface area (Å²) < 4.78 is 32.1. The van der Waals surface area contributed by atoms with Crippen molar-refractivity contribution >= 4 is 15.7 Å². The summed E-state index contributed by atoms with van der Waals surface area (Å²) in [5.41, 5.74) is 0.546. The fourth-order valence-electron chi connectivity index (χ4n) is 2.45. The van der Waals surface area contributed by atoms with Crippen molar-refractivity contribution in [3.8, 4) is 11.4 Å². The predicted octanol–water partition coefficient (Wildman–Crippen LogP) is 3.02. The molecule has 0 N–H and O–H groups in total. The van der Waals surface area contributed by atoms with Gasteiger partial charge in [-0.1, -0.05) is 41.6 Å². The number of nitrogens with zero attached hydrogens (tertiary/aromatic N) is 4. The van der Waals surface area contributed by atoms with Crippen LogP contribution in [0.25, 0.3) is 11.4 Å². The molecule has 0 bridgehead atoms. The number of nitro groups is 1. The molecule has 0 amide bonds. The number of hydrogen-bond acceptors (Lipinski definition) is 7. The van der Waals surface area contributed by atoms with Crippen molar-refractivity contribution in [3.05, 3.63) is 83.3 Å². The SMILES string of the molecule is C=CCN(Cc1nc(-c2ccccc2)no1)S(=O)(=O)c1ccc([N+](=O)[O-])cc1. The molecule has 0 radical (unpaired) electrons. The minimum atomic E-state index is -3.95. The average molecular weight is 400 g/mol. The van der Waals surface area contributed by atoms with Crippen LogP contribution in [-0.2, 0) is 16.6 Å². The third-order valence-electron chi connectivity index (χ3n) is 3.83. The number of rotatable bonds is 8. The van der Waals surface area contributed by atoms with Crippen LogP contribution in [0.5, 0.6) is 0 Å². The van der Waals surface area contributed by atoms with Crippen molar-refractivity contribution < 1.29 is 17.9 Å². The van der Waals surface area contributed by atoms with Crippen molar-refractivity contribution in [1.82, 2.24) is 14.4 Å². The van der Waals surface area contributed by atoms with Gasteiger partial charge in [0.2, 0.25) is 21.7 Å². The van der Waals surface area contributed by atoms with E-state index in [-0.39, 0.29) is 29.6 Å². The highest BCUT2D eigenvalue weighted by molar-refractivity contribution is 7.89. The lowest BCUT2D eigenvalue weighted by Crippen LogP contribution is -2.31. The van der Waals surface area contributed by atoms with E-state index in [0.717, 1.165) is 22.0 Å². The molecule has 0 aliphatic rings. The van der Waals surface area contributed by atoms with E-state index in [2.05, 4.69) is 16.7 Å². The molecule has 3 aromatic rings. The van der Waals surface area contributed by atoms with Crippen molar-refractivity contribution in [2.75, 3.05) is 6.54 Å². The highest BCUT2D eigenvalue weighted by Crippen LogP contribution is 2.22. The van der Waals surface area contributed by atoms with Gasteiger partial charge in [-0.05, 0) is 12.1 Å². The highest BCUT2D eigenvalue weighted by Gasteiger charge is 2.26. The lowest BCUT2D eigenvalue weighted by atomic mass is 10.2. The molecule has 0 saturated carbocycles. The second-order valence-electron chi connectivity index (χ2n) is 5.71. The van der Waals surface area contributed by atoms with Gasteiger partial charge >= 0.3 is 0 Å². The first-order valence-corrected chi connectivity index (χ1v) is 9.59. The van der Waals surface area contributed by atoms with Gasteiger partial charge < -0.3 is 4.52 Å². The van der Waals surface area contributed by atoms with Gasteiger partial charge in [-0.2, -0.15) is 9.29 Å². The summed E-state index contributed by atoms with van der Waals surface area (Å²) in [4.78, 5) is 14.3. The van der Waals surface area contributed by atoms with Crippen LogP contribution in [0.1, 0.15) is 5.89 Å². The second-order valence-corrected chi connectivity index (χ2v) is 7.65. The van der Waals surface area contributed by atoms with E-state index in [1.54, 1.807) is 0 Å². The number of non-ortho nitro benzene ring substituents is 1. The van der Waals surface area contributed by atoms with E-state index in [9.17, 15) is 18.5 Å². The highest BCUT2D eigenvalue weighted by atomic mass is 32.2. The van der Waals surface area contributed by atoms with Crippen LogP contribution in [0, 0.1) is 10.1 Å². The zero-order valence-corrected chi connectivity index (χ0v) is 15.4. The van der Waals surface area contributed by atoms with Gasteiger partial charge in [-0.25, -0.2) is 8.42 Å². The number of nitro benzene ring substituents is 1. The van der Waals surface area contributed by atoms with Crippen LogP contribution in [0.4, 0.5) is 5.69 Å². The van der Waals surface area contributed by atoms with Gasteiger partial charge in [0.15, 0.2) is 0 Å². The Labute approximate surface area is 161 Å². The quantitative estimate of drug-likeness (QED) is 0.324. The van der Waals surface area contributed by atoms with E-state index < -0.39 is 14.9 Å². The van der Waals surface area contributed by atoms with Gasteiger partial charge in [-0.15, -0.1) is 6.58 Å². The van der Waals surface area contributed by atoms with E-state index >= 15 is 0 Å². The van der Waals surface area contributed by atoms with Crippen molar-refractivity contribution in [2.24, 2.45) is 0 Å². The molecule has 2 aromatic carbocycles. The maximum Gasteiger partial charge on any atom is 0.269 e. The number of benzene rings is 2. The summed E-state index contributed by atoms with van der Waals surface area (Å²) in [5.74, 6) is 0.466. The van der Waals surface area contributed by atoms with Crippen LogP contribution in [0.15, 0.2) is 76.7 Å². The molecule has 3 rings (SSSR count). The van der Waals surface area contributed by atoms with Crippen molar-refractivity contribution in [1.29, 1.82) is 0 Å². The molecule has 0 unspecified atom stereocenters. The minimum absolute atomic E-state index is 0.00235. The van der Waals surface area contributed by atoms with Crippen LogP contribution < -0.4 is 0 Å². The first-order chi connectivity index (χ1) is 13.4. The van der Waals surface area contributed by atoms with Crippen molar-refractivity contribution in [3.63, 3.8) is 0 Å². The molecule has 144 valence electrons. The Morgan fingerprint density at radius 3 is 2.43 bits per heavy atom. The predicted molar refractivity (Wildman–Crippen MR) is 101 cm³/mol. The molecule has 0 saturated heterocycles. The molecule has 0 aliphatic carbocycles. The third-order valence-corrected chi connectivity index (χ3v) is 5.66. The lowest BCUT2D eigenvalue weighted by Gasteiger charge is -2.18. The zero-order chi connectivity index (χ0) is 20.1. The maximum absolute atomic E-state index is 12.9. The molecule has 0 atom stereocenters. The van der Waals surface area contributed by atoms with E-state index in [0.29, 0.717) is 5.82 Å². The smallest absolute Gasteiger partial charge is 0.269 e. The average Bonchev–Trinajstić information content (AvgIpc) is 3.17. The Kier molecular flexibility index (Phi) is 5.62. The molecule has 28 heavy (non-hydrogen) atoms. The Balaban J connectivity index is 1.86. The summed E-state index contributed by atoms with van der Waals surface area (Å²) in [7, 11) is -3.95. The fraction of sp³-hybridized carbons (Fsp3) is 0.111. The maximum atomic E-state index is 12.9. The molecule has 1 aromatic heterocycles. The molecule has 10 heteroatoms. The van der Waals surface area contributed by atoms with Crippen molar-refractivity contribution in [2.45, 2.75) is 11.4 Å². The third kappa shape index (κ3) is 4.13. The summed E-state index contributed by atoms with van der Waals surface area (Å²) in [6.07, 6.45) is 1.43. The number of hydrogen-bond donors (Lipinski definition) is 0. The minimum Gasteiger partial charge on any atom is -0.338 e. The molecular formula is C18H16N4O5S. The van der Waals surface area contributed by atoms with E-state index in [4.69, 9.17) is 4.52 Å². The second kappa shape index (κ2) is 8.11. The summed E-state index contributed by atoms with van der Waals surface area (Å²) in [6, 6.07) is 13.8. The van der Waals surface area contributed by atoms with Gasteiger partial charge in [0.25, 0.3) is 5.69 Å². The molecule has 0 spiro atoms. The van der Waals surface area contributed by atoms with E-state index in [1.807, 2.05) is 30.3 Å². The van der Waals surface area contributed by atoms with Crippen LogP contribution in [-0.4, -0.2) is 34.3 Å². The molecule has 1 heterocycles. The summed E-state index contributed by atoms with van der Waals surface area (Å²) in [6.45, 7) is 3.42. The summed E-state index contributed by atoms with van der Waals surface area (Å²) in [5, 5.41) is 14.6. The first-order valence-electron chi connectivity index (χ1n) is 8.15. The Hall–Kier alpha value is -3.37. The Morgan fingerprint density at radius 2 is 1.82 bits per heavy atom. The van der Waals surface area contributed by atoms with Gasteiger partial charge in [-0.3, -0.25) is 10.1 Å². The van der Waals surface area contributed by atoms with Crippen LogP contribution in [0.3, 0.4) is 0 Å². The number of aromatic nitrogens is 2. The molecule has 9 nitrogen and oxygen atoms in total. The number of sulfonamides is 1. The topological polar surface area (TPSA) is 119 Å². The largest absolute Gasteiger partial charge is 0.338 e. The molecule has 0 fully saturated rings.